The molecular formula is C54H94O41. The molecule has 1 unspecified atom stereocenters. The minimum Gasteiger partial charge on any atom is -0.394 e. The highest BCUT2D eigenvalue weighted by atomic mass is 16.8. The molecule has 0 aromatic carbocycles. The second kappa shape index (κ2) is 35.5. The zero-order chi connectivity index (χ0) is 69.6. The monoisotopic (exact) mass is 1400 g/mol. The molecule has 40 atom stereocenters. The van der Waals surface area contributed by atoms with E-state index in [9.17, 15) is 102 Å². The molecule has 8 fully saturated rings. The van der Waals surface area contributed by atoms with E-state index in [4.69, 9.17) is 99.5 Å². The summed E-state index contributed by atoms with van der Waals surface area (Å²) in [7, 11) is 6.88. The van der Waals surface area contributed by atoms with Crippen LogP contribution in [0, 0.1) is 0 Å². The second-order valence-corrected chi connectivity index (χ2v) is 23.6. The van der Waals surface area contributed by atoms with Gasteiger partial charge in [0.05, 0.1) is 52.9 Å². The Kier molecular flexibility index (Phi) is 29.5. The van der Waals surface area contributed by atoms with E-state index >= 15 is 0 Å². The largest absolute Gasteiger partial charge is 0.394 e. The van der Waals surface area contributed by atoms with Gasteiger partial charge in [0, 0.05) is 42.7 Å². The maximum absolute atomic E-state index is 11.9. The minimum absolute atomic E-state index is 0.738. The topological polar surface area (TPSA) is 598 Å². The van der Waals surface area contributed by atoms with Gasteiger partial charge < -0.3 is 202 Å². The van der Waals surface area contributed by atoms with Crippen molar-refractivity contribution in [1.82, 2.24) is 0 Å². The molecule has 0 amide bonds. The molecule has 95 heavy (non-hydrogen) atoms. The van der Waals surface area contributed by atoms with Crippen LogP contribution in [0.1, 0.15) is 0 Å². The van der Waals surface area contributed by atoms with Crippen molar-refractivity contribution >= 4 is 0 Å². The Morgan fingerprint density at radius 3 is 0.621 bits per heavy atom. The lowest BCUT2D eigenvalue weighted by Gasteiger charge is -2.51. The molecule has 0 aliphatic carbocycles. The van der Waals surface area contributed by atoms with Crippen molar-refractivity contribution in [3.05, 3.63) is 0 Å². The molecule has 0 aromatic rings. The highest BCUT2D eigenvalue weighted by Crippen LogP contribution is 2.40. The average molecular weight is 1400 g/mol. The SMILES string of the molecule is CO[C@@H]1[C@H](O)[C@@H](O[C@H]2[C@H](OC)[C@H](O)[C@@H](O[C@H]3[C@H](OC)[C@H](O)[C@@H](O[C@H]4[C@H](OC)[C@H](O)[C@@H](O[C@H]5[C@H](OC)[C@H](O)[C@@H](O[C@H]6[C@H](OC)[C@H](O)C(O)O[C@@H]6CO)O[C@@H]5CO)O[C@@H]4CO)O[C@@H]3CO)O[C@@H]2CO)O[C@H](CO)[C@H]1O[C@H]1O[C@H](CO)[C@@H](O[C@H]2O[C@H](CO)[C@@H](O)[C@H](O)[C@@H]2O)[C@H](O)[C@@H]1O. The van der Waals surface area contributed by atoms with Crippen LogP contribution >= 0.6 is 0 Å². The molecule has 41 heteroatoms. The lowest BCUT2D eigenvalue weighted by atomic mass is 9.94. The Morgan fingerprint density at radius 2 is 0.379 bits per heavy atom. The molecule has 0 radical (unpaired) electrons. The third-order valence-electron chi connectivity index (χ3n) is 18.1. The van der Waals surface area contributed by atoms with Gasteiger partial charge in [0.15, 0.2) is 50.3 Å². The van der Waals surface area contributed by atoms with Gasteiger partial charge in [-0.15, -0.1) is 0 Å². The number of rotatable bonds is 28. The Labute approximate surface area is 541 Å². The van der Waals surface area contributed by atoms with E-state index in [1.54, 1.807) is 0 Å². The van der Waals surface area contributed by atoms with E-state index < -0.39 is 299 Å². The van der Waals surface area contributed by atoms with Crippen LogP contribution in [0.3, 0.4) is 0 Å². The first kappa shape index (κ1) is 79.1. The third kappa shape index (κ3) is 16.4. The van der Waals surface area contributed by atoms with Gasteiger partial charge in [-0.3, -0.25) is 0 Å². The van der Waals surface area contributed by atoms with Crippen LogP contribution in [0.2, 0.25) is 0 Å². The van der Waals surface area contributed by atoms with Crippen molar-refractivity contribution in [2.45, 2.75) is 246 Å². The van der Waals surface area contributed by atoms with Crippen LogP contribution in [0.5, 0.6) is 0 Å². The molecule has 41 nitrogen and oxygen atoms in total. The van der Waals surface area contributed by atoms with Crippen molar-refractivity contribution in [1.29, 1.82) is 0 Å². The van der Waals surface area contributed by atoms with Gasteiger partial charge in [0.1, 0.15) is 195 Å². The van der Waals surface area contributed by atoms with E-state index in [-0.39, 0.29) is 0 Å². The van der Waals surface area contributed by atoms with Gasteiger partial charge in [0.25, 0.3) is 0 Å². The van der Waals surface area contributed by atoms with Crippen molar-refractivity contribution in [3.8, 4) is 0 Å². The number of methoxy groups -OCH3 is 6. The molecule has 8 heterocycles. The zero-order valence-corrected chi connectivity index (χ0v) is 52.3. The highest BCUT2D eigenvalue weighted by Gasteiger charge is 2.60. The molecule has 0 spiro atoms. The first-order valence-corrected chi connectivity index (χ1v) is 30.5. The lowest BCUT2D eigenvalue weighted by Crippen LogP contribution is -2.69. The van der Waals surface area contributed by atoms with E-state index in [0.717, 1.165) is 28.4 Å². The van der Waals surface area contributed by atoms with E-state index in [0.29, 0.717) is 0 Å². The molecule has 0 bridgehead atoms. The quantitative estimate of drug-likeness (QED) is 0.0346. The molecule has 8 aliphatic heterocycles. The number of hydrogen-bond donors (Lipinski definition) is 20. The van der Waals surface area contributed by atoms with Gasteiger partial charge >= 0.3 is 0 Å². The summed E-state index contributed by atoms with van der Waals surface area (Å²) in [6.45, 7) is -6.98. The summed E-state index contributed by atoms with van der Waals surface area (Å²) in [5, 5.41) is 216. The summed E-state index contributed by atoms with van der Waals surface area (Å²) in [5.41, 5.74) is 0. The lowest BCUT2D eigenvalue weighted by molar-refractivity contribution is -0.401. The molecule has 556 valence electrons. The van der Waals surface area contributed by atoms with Crippen LogP contribution < -0.4 is 0 Å². The fraction of sp³-hybridized carbons (Fsp3) is 1.00. The normalized spacial score (nSPS) is 51.0. The van der Waals surface area contributed by atoms with Crippen molar-refractivity contribution in [3.63, 3.8) is 0 Å². The maximum Gasteiger partial charge on any atom is 0.187 e. The summed E-state index contributed by atoms with van der Waals surface area (Å²) in [4.78, 5) is 0. The highest BCUT2D eigenvalue weighted by molar-refractivity contribution is 5.03. The van der Waals surface area contributed by atoms with Crippen LogP contribution in [-0.2, 0) is 99.5 Å². The molecule has 8 saturated heterocycles. The summed E-state index contributed by atoms with van der Waals surface area (Å²) >= 11 is 0. The fourth-order valence-electron chi connectivity index (χ4n) is 13.0. The Morgan fingerprint density at radius 1 is 0.189 bits per heavy atom. The number of hydrogen-bond acceptors (Lipinski definition) is 41. The number of aliphatic hydroxyl groups is 20. The van der Waals surface area contributed by atoms with Gasteiger partial charge in [-0.2, -0.15) is 0 Å². The second-order valence-electron chi connectivity index (χ2n) is 23.6. The van der Waals surface area contributed by atoms with Gasteiger partial charge in [-0.05, 0) is 0 Å². The number of ether oxygens (including phenoxy) is 21. The fourth-order valence-corrected chi connectivity index (χ4v) is 13.0. The predicted molar refractivity (Wildman–Crippen MR) is 293 cm³/mol. The standard InChI is InChI=1S/C54H94O41/c1-75-41-28(68)47(74)81-17(9-57)35(41)91-50-30(70)43(77-3)37(19(11-59)85-50)93-52-32(72)45(79-5)39(21(13-61)87-52)95-54-33(73)46(80-6)40(22(14-62)88-54)94-53-31(71)44(78-4)38(20(12-60)86-53)92-51-29(69)42(76-2)36(18(10-58)84-51)90-49-27(67)25(65)34(16(8-56)83-49)89-48-26(66)24(64)23(63)15(7-55)82-48/h15-74H,7-14H2,1-6H3/t15-,16-,17-,18-,19-,20-,21-,22-,23-,24+,25-,26+,27+,28+,29+,30+,31+,32+,33+,34-,35-,36-,37-,38-,39-,40-,41-,42-,43-,44-,45-,46-,47?,48-,49-,50-,51-,52-,53-,54-/m1/s1. The smallest absolute Gasteiger partial charge is 0.187 e. The van der Waals surface area contributed by atoms with E-state index in [1.807, 2.05) is 0 Å². The van der Waals surface area contributed by atoms with Gasteiger partial charge in [-0.25, -0.2) is 0 Å². The maximum atomic E-state index is 11.9. The Balaban J connectivity index is 0.896. The van der Waals surface area contributed by atoms with Crippen molar-refractivity contribution in [2.75, 3.05) is 95.5 Å². The third-order valence-corrected chi connectivity index (χ3v) is 18.1. The molecule has 8 aliphatic rings. The molecule has 20 N–H and O–H groups in total. The molecule has 0 aromatic heterocycles. The van der Waals surface area contributed by atoms with Crippen LogP contribution in [0.15, 0.2) is 0 Å². The summed E-state index contributed by atoms with van der Waals surface area (Å²) in [6.07, 6.45) is -67.1. The van der Waals surface area contributed by atoms with Crippen molar-refractivity contribution in [2.24, 2.45) is 0 Å². The number of aliphatic hydroxyl groups excluding tert-OH is 20. The van der Waals surface area contributed by atoms with E-state index in [1.165, 1.54) is 14.2 Å². The van der Waals surface area contributed by atoms with E-state index in [2.05, 4.69) is 0 Å². The molecular weight excluding hydrogens is 1300 g/mol. The predicted octanol–water partition coefficient (Wildman–Crippen LogP) is -14.5. The van der Waals surface area contributed by atoms with Crippen LogP contribution in [0.4, 0.5) is 0 Å². The zero-order valence-electron chi connectivity index (χ0n) is 52.3. The average Bonchev–Trinajstić information content (AvgIpc) is 0.779. The van der Waals surface area contributed by atoms with Gasteiger partial charge in [0.2, 0.25) is 0 Å². The summed E-state index contributed by atoms with van der Waals surface area (Å²) in [6, 6.07) is 0. The first-order valence-electron chi connectivity index (χ1n) is 30.5. The molecule has 0 saturated carbocycles. The van der Waals surface area contributed by atoms with Crippen molar-refractivity contribution < 1.29 is 202 Å². The minimum atomic E-state index is -2.07. The molecule has 8 rings (SSSR count). The Hall–Kier alpha value is -1.64. The summed E-state index contributed by atoms with van der Waals surface area (Å²) in [5.74, 6) is 0. The van der Waals surface area contributed by atoms with Crippen LogP contribution in [0.25, 0.3) is 0 Å². The summed E-state index contributed by atoms with van der Waals surface area (Å²) < 4.78 is 122. The van der Waals surface area contributed by atoms with Gasteiger partial charge in [-0.1, -0.05) is 0 Å². The Bertz CT molecular complexity index is 2240. The van der Waals surface area contributed by atoms with Crippen LogP contribution in [-0.4, -0.2) is 443 Å². The first-order chi connectivity index (χ1) is 45.5.